The monoisotopic (exact) mass is 213 g/mol. The van der Waals surface area contributed by atoms with E-state index in [0.717, 1.165) is 25.4 Å². The molecule has 0 heterocycles. The third-order valence-electron chi connectivity index (χ3n) is 3.04. The Labute approximate surface area is 91.9 Å². The van der Waals surface area contributed by atoms with E-state index >= 15 is 0 Å². The van der Waals surface area contributed by atoms with Crippen molar-refractivity contribution in [2.24, 2.45) is 22.2 Å². The van der Waals surface area contributed by atoms with Crippen LogP contribution in [-0.4, -0.2) is 24.1 Å². The molecule has 0 aromatic carbocycles. The Morgan fingerprint density at radius 3 is 2.67 bits per heavy atom. The molecule has 1 aliphatic carbocycles. The van der Waals surface area contributed by atoms with Gasteiger partial charge in [-0.25, -0.2) is 0 Å². The van der Waals surface area contributed by atoms with Gasteiger partial charge in [0.05, 0.1) is 0 Å². The molecule has 4 heteroatoms. The lowest BCUT2D eigenvalue weighted by atomic mass is 10.0. The summed E-state index contributed by atoms with van der Waals surface area (Å²) < 4.78 is 0. The summed E-state index contributed by atoms with van der Waals surface area (Å²) >= 11 is 0. The van der Waals surface area contributed by atoms with Crippen LogP contribution in [0, 0.1) is 11.3 Å². The number of nitrogens with zero attached hydrogens (tertiary/aromatic N) is 1. The molecule has 0 aromatic heterocycles. The lowest BCUT2D eigenvalue weighted by Crippen LogP contribution is -2.29. The molecule has 0 amide bonds. The van der Waals surface area contributed by atoms with E-state index in [2.05, 4.69) is 24.3 Å². The topological polar surface area (TPSA) is 70.6 Å². The summed E-state index contributed by atoms with van der Waals surface area (Å²) in [5.41, 5.74) is 5.81. The molecule has 0 radical (unpaired) electrons. The molecule has 88 valence electrons. The molecule has 0 aliphatic heterocycles. The number of oxime groups is 1. The van der Waals surface area contributed by atoms with Crippen LogP contribution >= 0.6 is 0 Å². The van der Waals surface area contributed by atoms with Crippen LogP contribution in [0.25, 0.3) is 0 Å². The maximum atomic E-state index is 8.51. The fourth-order valence-corrected chi connectivity index (χ4v) is 1.76. The van der Waals surface area contributed by atoms with E-state index in [0.29, 0.717) is 5.84 Å². The van der Waals surface area contributed by atoms with Crippen LogP contribution in [0.1, 0.15) is 39.5 Å². The highest BCUT2D eigenvalue weighted by Crippen LogP contribution is 2.48. The molecule has 0 bridgehead atoms. The molecular formula is C11H23N3O. The zero-order valence-electron chi connectivity index (χ0n) is 9.79. The molecule has 15 heavy (non-hydrogen) atoms. The molecular weight excluding hydrogens is 190 g/mol. The van der Waals surface area contributed by atoms with Crippen molar-refractivity contribution in [2.75, 3.05) is 13.1 Å². The van der Waals surface area contributed by atoms with Crippen molar-refractivity contribution in [3.05, 3.63) is 0 Å². The van der Waals surface area contributed by atoms with Crippen molar-refractivity contribution in [2.45, 2.75) is 39.5 Å². The summed E-state index contributed by atoms with van der Waals surface area (Å²) in [7, 11) is 0. The van der Waals surface area contributed by atoms with Crippen molar-refractivity contribution >= 4 is 5.84 Å². The largest absolute Gasteiger partial charge is 0.409 e. The quantitative estimate of drug-likeness (QED) is 0.197. The van der Waals surface area contributed by atoms with Crippen LogP contribution < -0.4 is 11.1 Å². The Balaban J connectivity index is 2.15. The predicted octanol–water partition coefficient (Wildman–Crippen LogP) is 1.54. The smallest absolute Gasteiger partial charge is 0.139 e. The summed E-state index contributed by atoms with van der Waals surface area (Å²) in [5, 5.41) is 15.0. The normalized spacial score (nSPS) is 19.5. The van der Waals surface area contributed by atoms with E-state index < -0.39 is 0 Å². The van der Waals surface area contributed by atoms with Crippen LogP contribution in [0.15, 0.2) is 5.16 Å². The maximum Gasteiger partial charge on any atom is 0.139 e. The molecule has 1 rings (SSSR count). The number of nitrogens with two attached hydrogens (primary N) is 1. The molecule has 4 nitrogen and oxygen atoms in total. The van der Waals surface area contributed by atoms with Gasteiger partial charge < -0.3 is 16.3 Å². The zero-order valence-corrected chi connectivity index (χ0v) is 9.79. The first kappa shape index (κ1) is 12.3. The minimum atomic E-state index is 0.285. The SMILES string of the molecule is CC(C)CCNCC1(CC(N)=NO)CC1. The van der Waals surface area contributed by atoms with E-state index in [9.17, 15) is 0 Å². The van der Waals surface area contributed by atoms with E-state index in [1.165, 1.54) is 19.3 Å². The van der Waals surface area contributed by atoms with Gasteiger partial charge in [0.2, 0.25) is 0 Å². The van der Waals surface area contributed by atoms with Gasteiger partial charge in [0.15, 0.2) is 0 Å². The highest BCUT2D eigenvalue weighted by atomic mass is 16.4. The second-order valence-corrected chi connectivity index (χ2v) is 5.13. The summed E-state index contributed by atoms with van der Waals surface area (Å²) in [6, 6.07) is 0. The molecule has 0 unspecified atom stereocenters. The Hall–Kier alpha value is -0.770. The Morgan fingerprint density at radius 1 is 1.53 bits per heavy atom. The fourth-order valence-electron chi connectivity index (χ4n) is 1.76. The molecule has 0 spiro atoms. The van der Waals surface area contributed by atoms with Crippen molar-refractivity contribution in [3.63, 3.8) is 0 Å². The van der Waals surface area contributed by atoms with Crippen molar-refractivity contribution < 1.29 is 5.21 Å². The van der Waals surface area contributed by atoms with Crippen LogP contribution in [0.5, 0.6) is 0 Å². The van der Waals surface area contributed by atoms with E-state index in [-0.39, 0.29) is 5.41 Å². The van der Waals surface area contributed by atoms with Crippen LogP contribution in [-0.2, 0) is 0 Å². The summed E-state index contributed by atoms with van der Waals surface area (Å²) in [6.07, 6.45) is 4.31. The first-order chi connectivity index (χ1) is 7.08. The number of rotatable bonds is 7. The molecule has 4 N–H and O–H groups in total. The molecule has 1 fully saturated rings. The van der Waals surface area contributed by atoms with E-state index in [1.807, 2.05) is 0 Å². The Bertz CT molecular complexity index is 222. The van der Waals surface area contributed by atoms with Gasteiger partial charge in [-0.3, -0.25) is 0 Å². The van der Waals surface area contributed by atoms with Gasteiger partial charge in [0, 0.05) is 13.0 Å². The lowest BCUT2D eigenvalue weighted by Gasteiger charge is -2.15. The van der Waals surface area contributed by atoms with Gasteiger partial charge in [0.25, 0.3) is 0 Å². The van der Waals surface area contributed by atoms with Gasteiger partial charge >= 0.3 is 0 Å². The fraction of sp³-hybridized carbons (Fsp3) is 0.909. The van der Waals surface area contributed by atoms with Gasteiger partial charge in [-0.1, -0.05) is 19.0 Å². The maximum absolute atomic E-state index is 8.51. The van der Waals surface area contributed by atoms with Crippen molar-refractivity contribution in [3.8, 4) is 0 Å². The van der Waals surface area contributed by atoms with Crippen LogP contribution in [0.3, 0.4) is 0 Å². The van der Waals surface area contributed by atoms with Gasteiger partial charge in [0.1, 0.15) is 5.84 Å². The average Bonchev–Trinajstić information content (AvgIpc) is 2.93. The number of nitrogens with one attached hydrogen (secondary N) is 1. The minimum Gasteiger partial charge on any atom is -0.409 e. The number of hydrogen-bond donors (Lipinski definition) is 3. The van der Waals surface area contributed by atoms with E-state index in [4.69, 9.17) is 10.9 Å². The zero-order chi connectivity index (χ0) is 11.3. The summed E-state index contributed by atoms with van der Waals surface area (Å²) in [6.45, 7) is 6.52. The first-order valence-electron chi connectivity index (χ1n) is 5.75. The average molecular weight is 213 g/mol. The van der Waals surface area contributed by atoms with E-state index in [1.54, 1.807) is 0 Å². The molecule has 1 saturated carbocycles. The Kier molecular flexibility index (Phi) is 4.39. The van der Waals surface area contributed by atoms with Gasteiger partial charge in [-0.2, -0.15) is 0 Å². The first-order valence-corrected chi connectivity index (χ1v) is 5.75. The predicted molar refractivity (Wildman–Crippen MR) is 62.0 cm³/mol. The molecule has 1 aliphatic rings. The third kappa shape index (κ3) is 4.51. The molecule has 0 saturated heterocycles. The van der Waals surface area contributed by atoms with Crippen molar-refractivity contribution in [1.82, 2.24) is 5.32 Å². The summed E-state index contributed by atoms with van der Waals surface area (Å²) in [4.78, 5) is 0. The number of hydrogen-bond acceptors (Lipinski definition) is 3. The van der Waals surface area contributed by atoms with Crippen LogP contribution in [0.4, 0.5) is 0 Å². The highest BCUT2D eigenvalue weighted by molar-refractivity contribution is 5.80. The molecule has 0 atom stereocenters. The van der Waals surface area contributed by atoms with Crippen molar-refractivity contribution in [1.29, 1.82) is 0 Å². The highest BCUT2D eigenvalue weighted by Gasteiger charge is 2.42. The standard InChI is InChI=1S/C11H23N3O/c1-9(2)3-6-13-8-11(4-5-11)7-10(12)14-15/h9,13,15H,3-8H2,1-2H3,(H2,12,14). The lowest BCUT2D eigenvalue weighted by molar-refractivity contribution is 0.314. The third-order valence-corrected chi connectivity index (χ3v) is 3.04. The molecule has 0 aromatic rings. The second kappa shape index (κ2) is 5.35. The van der Waals surface area contributed by atoms with Gasteiger partial charge in [-0.05, 0) is 37.1 Å². The summed E-state index contributed by atoms with van der Waals surface area (Å²) in [5.74, 6) is 1.11. The van der Waals surface area contributed by atoms with Gasteiger partial charge in [-0.15, -0.1) is 0 Å². The number of amidine groups is 1. The Morgan fingerprint density at radius 2 is 2.20 bits per heavy atom. The van der Waals surface area contributed by atoms with Crippen LogP contribution in [0.2, 0.25) is 0 Å². The minimum absolute atomic E-state index is 0.285. The second-order valence-electron chi connectivity index (χ2n) is 5.13.